The van der Waals surface area contributed by atoms with Crippen LogP contribution in [0.2, 0.25) is 0 Å². The molecule has 1 rings (SSSR count). The Kier molecular flexibility index (Phi) is 4.32. The zero-order chi connectivity index (χ0) is 8.10. The summed E-state index contributed by atoms with van der Waals surface area (Å²) in [6, 6.07) is 0. The Balaban J connectivity index is 2.45. The molecule has 0 saturated heterocycles. The highest BCUT2D eigenvalue weighted by Crippen LogP contribution is 2.27. The van der Waals surface area contributed by atoms with Crippen molar-refractivity contribution in [3.63, 3.8) is 0 Å². The molecular weight excluding hydrogens is 179 g/mol. The predicted molar refractivity (Wildman–Crippen MR) is 51.1 cm³/mol. The quantitative estimate of drug-likeness (QED) is 0.534. The minimum atomic E-state index is 0.520. The van der Waals surface area contributed by atoms with Crippen LogP contribution >= 0.6 is 23.2 Å². The lowest BCUT2D eigenvalue weighted by Gasteiger charge is -2.11. The van der Waals surface area contributed by atoms with Crippen LogP contribution in [0, 0.1) is 0 Å². The van der Waals surface area contributed by atoms with Crippen molar-refractivity contribution in [3.8, 4) is 0 Å². The fraction of sp³-hybridized carbons (Fsp3) is 0.778. The standard InChI is InChI=1S/C9H14Cl2/c10-9(11)8-6-4-2-1-3-5-7-8/h1-7H2. The third-order valence-electron chi connectivity index (χ3n) is 2.22. The number of hydrogen-bond donors (Lipinski definition) is 0. The molecule has 1 saturated carbocycles. The molecule has 1 aliphatic carbocycles. The van der Waals surface area contributed by atoms with Gasteiger partial charge in [0.1, 0.15) is 4.49 Å². The third-order valence-corrected chi connectivity index (χ3v) is 2.76. The molecule has 0 spiro atoms. The van der Waals surface area contributed by atoms with Crippen molar-refractivity contribution in [3.05, 3.63) is 10.1 Å². The average Bonchev–Trinajstić information content (AvgIpc) is 1.84. The number of halogens is 2. The number of rotatable bonds is 0. The Hall–Kier alpha value is 0.320. The van der Waals surface area contributed by atoms with E-state index >= 15 is 0 Å². The Labute approximate surface area is 78.6 Å². The van der Waals surface area contributed by atoms with Crippen molar-refractivity contribution < 1.29 is 0 Å². The number of allylic oxidation sites excluding steroid dienone is 1. The molecule has 1 aliphatic rings. The van der Waals surface area contributed by atoms with Crippen LogP contribution in [-0.2, 0) is 0 Å². The lowest BCUT2D eigenvalue weighted by Crippen LogP contribution is -1.92. The van der Waals surface area contributed by atoms with E-state index < -0.39 is 0 Å². The van der Waals surface area contributed by atoms with Crippen molar-refractivity contribution >= 4 is 23.2 Å². The van der Waals surface area contributed by atoms with Gasteiger partial charge in [0.05, 0.1) is 0 Å². The van der Waals surface area contributed by atoms with Gasteiger partial charge in [-0.2, -0.15) is 0 Å². The Bertz CT molecular complexity index is 136. The van der Waals surface area contributed by atoms with Gasteiger partial charge >= 0.3 is 0 Å². The topological polar surface area (TPSA) is 0 Å². The molecule has 0 nitrogen and oxygen atoms in total. The van der Waals surface area contributed by atoms with E-state index in [0.717, 1.165) is 12.8 Å². The maximum absolute atomic E-state index is 5.73. The van der Waals surface area contributed by atoms with Crippen molar-refractivity contribution in [2.24, 2.45) is 0 Å². The summed E-state index contributed by atoms with van der Waals surface area (Å²) in [5.41, 5.74) is 1.27. The van der Waals surface area contributed by atoms with Crippen LogP contribution in [0.1, 0.15) is 44.9 Å². The smallest absolute Gasteiger partial charge is 0.0709 e. The molecule has 11 heavy (non-hydrogen) atoms. The second-order valence-electron chi connectivity index (χ2n) is 3.13. The average molecular weight is 193 g/mol. The molecule has 0 unspecified atom stereocenters. The SMILES string of the molecule is ClC(Cl)=C1CCCCCCC1. The van der Waals surface area contributed by atoms with E-state index in [1.165, 1.54) is 37.7 Å². The summed E-state index contributed by atoms with van der Waals surface area (Å²) < 4.78 is 0.520. The molecule has 1 fully saturated rings. The number of hydrogen-bond acceptors (Lipinski definition) is 0. The van der Waals surface area contributed by atoms with E-state index in [1.54, 1.807) is 0 Å². The minimum absolute atomic E-state index is 0.520. The first-order chi connectivity index (χ1) is 5.30. The van der Waals surface area contributed by atoms with Gasteiger partial charge in [-0.1, -0.05) is 42.5 Å². The summed E-state index contributed by atoms with van der Waals surface area (Å²) >= 11 is 11.5. The molecule has 0 N–H and O–H groups in total. The van der Waals surface area contributed by atoms with Gasteiger partial charge in [0.25, 0.3) is 0 Å². The Morgan fingerprint density at radius 3 is 1.73 bits per heavy atom. The second kappa shape index (κ2) is 5.05. The highest BCUT2D eigenvalue weighted by atomic mass is 35.5. The van der Waals surface area contributed by atoms with Gasteiger partial charge in [0, 0.05) is 0 Å². The van der Waals surface area contributed by atoms with E-state index in [-0.39, 0.29) is 0 Å². The molecule has 0 aromatic rings. The first-order valence-electron chi connectivity index (χ1n) is 4.34. The van der Waals surface area contributed by atoms with Gasteiger partial charge in [-0.15, -0.1) is 0 Å². The van der Waals surface area contributed by atoms with Gasteiger partial charge < -0.3 is 0 Å². The summed E-state index contributed by atoms with van der Waals surface area (Å²) in [5, 5.41) is 0. The van der Waals surface area contributed by atoms with Gasteiger partial charge in [-0.05, 0) is 31.3 Å². The van der Waals surface area contributed by atoms with E-state index in [9.17, 15) is 0 Å². The lowest BCUT2D eigenvalue weighted by atomic mass is 9.97. The fourth-order valence-corrected chi connectivity index (χ4v) is 1.90. The summed E-state index contributed by atoms with van der Waals surface area (Å²) in [6.45, 7) is 0. The highest BCUT2D eigenvalue weighted by molar-refractivity contribution is 6.56. The van der Waals surface area contributed by atoms with Crippen LogP contribution in [0.5, 0.6) is 0 Å². The zero-order valence-corrected chi connectivity index (χ0v) is 8.22. The summed E-state index contributed by atoms with van der Waals surface area (Å²) in [4.78, 5) is 0. The van der Waals surface area contributed by atoms with Crippen molar-refractivity contribution in [2.75, 3.05) is 0 Å². The third kappa shape index (κ3) is 3.48. The van der Waals surface area contributed by atoms with E-state index in [2.05, 4.69) is 0 Å². The van der Waals surface area contributed by atoms with Gasteiger partial charge in [0.15, 0.2) is 0 Å². The molecule has 0 aromatic heterocycles. The van der Waals surface area contributed by atoms with Crippen molar-refractivity contribution in [1.82, 2.24) is 0 Å². The highest BCUT2D eigenvalue weighted by Gasteiger charge is 2.05. The van der Waals surface area contributed by atoms with Crippen LogP contribution in [0.3, 0.4) is 0 Å². The Morgan fingerprint density at radius 1 is 0.818 bits per heavy atom. The molecule has 2 heteroatoms. The van der Waals surface area contributed by atoms with E-state index in [0.29, 0.717) is 4.49 Å². The van der Waals surface area contributed by atoms with E-state index in [1.807, 2.05) is 0 Å². The second-order valence-corrected chi connectivity index (χ2v) is 4.08. The minimum Gasteiger partial charge on any atom is -0.0709 e. The monoisotopic (exact) mass is 192 g/mol. The maximum Gasteiger partial charge on any atom is 0.106 e. The van der Waals surface area contributed by atoms with Crippen molar-refractivity contribution in [1.29, 1.82) is 0 Å². The van der Waals surface area contributed by atoms with Crippen LogP contribution in [0.15, 0.2) is 10.1 Å². The van der Waals surface area contributed by atoms with Gasteiger partial charge in [0.2, 0.25) is 0 Å². The summed E-state index contributed by atoms with van der Waals surface area (Å²) in [7, 11) is 0. The molecule has 0 bridgehead atoms. The van der Waals surface area contributed by atoms with Gasteiger partial charge in [-0.25, -0.2) is 0 Å². The first-order valence-corrected chi connectivity index (χ1v) is 5.09. The molecule has 0 aromatic carbocycles. The predicted octanol–water partition coefficient (Wildman–Crippen LogP) is 4.42. The molecule has 0 radical (unpaired) electrons. The Morgan fingerprint density at radius 2 is 1.27 bits per heavy atom. The molecule has 64 valence electrons. The van der Waals surface area contributed by atoms with Crippen LogP contribution in [-0.4, -0.2) is 0 Å². The zero-order valence-electron chi connectivity index (χ0n) is 6.71. The van der Waals surface area contributed by atoms with Crippen LogP contribution in [0.4, 0.5) is 0 Å². The fourth-order valence-electron chi connectivity index (χ4n) is 1.52. The van der Waals surface area contributed by atoms with Gasteiger partial charge in [-0.3, -0.25) is 0 Å². The van der Waals surface area contributed by atoms with Crippen LogP contribution < -0.4 is 0 Å². The lowest BCUT2D eigenvalue weighted by molar-refractivity contribution is 0.568. The summed E-state index contributed by atoms with van der Waals surface area (Å²) in [5.74, 6) is 0. The largest absolute Gasteiger partial charge is 0.106 e. The van der Waals surface area contributed by atoms with Crippen LogP contribution in [0.25, 0.3) is 0 Å². The molecule has 0 aliphatic heterocycles. The normalized spacial score (nSPS) is 20.7. The molecule has 0 atom stereocenters. The molecule has 0 amide bonds. The molecule has 0 heterocycles. The maximum atomic E-state index is 5.73. The summed E-state index contributed by atoms with van der Waals surface area (Å²) in [6.07, 6.45) is 8.81. The molecular formula is C9H14Cl2. The van der Waals surface area contributed by atoms with E-state index in [4.69, 9.17) is 23.2 Å². The first kappa shape index (κ1) is 9.41. The van der Waals surface area contributed by atoms with Crippen molar-refractivity contribution in [2.45, 2.75) is 44.9 Å².